The molecule has 1 amide bonds. The van der Waals surface area contributed by atoms with E-state index in [0.29, 0.717) is 22.6 Å². The number of rotatable bonds is 4. The lowest BCUT2D eigenvalue weighted by atomic mass is 9.95. The van der Waals surface area contributed by atoms with Gasteiger partial charge in [0.2, 0.25) is 0 Å². The van der Waals surface area contributed by atoms with E-state index in [1.54, 1.807) is 60.7 Å². The fraction of sp³-hybridized carbons (Fsp3) is 0.0833. The Kier molecular flexibility index (Phi) is 4.98. The van der Waals surface area contributed by atoms with Gasteiger partial charge in [0.1, 0.15) is 17.3 Å². The van der Waals surface area contributed by atoms with Crippen molar-refractivity contribution >= 4 is 23.1 Å². The van der Waals surface area contributed by atoms with Crippen molar-refractivity contribution < 1.29 is 24.5 Å². The van der Waals surface area contributed by atoms with Crippen molar-refractivity contribution in [3.63, 3.8) is 0 Å². The van der Waals surface area contributed by atoms with Crippen LogP contribution in [0.25, 0.3) is 5.76 Å². The summed E-state index contributed by atoms with van der Waals surface area (Å²) in [6.07, 6.45) is 0. The number of amides is 1. The van der Waals surface area contributed by atoms with Gasteiger partial charge in [-0.15, -0.1) is 0 Å². The number of para-hydroxylation sites is 1. The van der Waals surface area contributed by atoms with Crippen molar-refractivity contribution in [2.24, 2.45) is 0 Å². The van der Waals surface area contributed by atoms with Gasteiger partial charge in [0.15, 0.2) is 0 Å². The first-order valence-corrected chi connectivity index (χ1v) is 9.30. The number of phenols is 1. The van der Waals surface area contributed by atoms with Crippen LogP contribution in [0, 0.1) is 0 Å². The highest BCUT2D eigenvalue weighted by molar-refractivity contribution is 6.51. The van der Waals surface area contributed by atoms with E-state index < -0.39 is 17.7 Å². The number of aliphatic hydroxyl groups excluding tert-OH is 1. The minimum absolute atomic E-state index is 0.0252. The Morgan fingerprint density at radius 2 is 1.63 bits per heavy atom. The first-order chi connectivity index (χ1) is 14.5. The van der Waals surface area contributed by atoms with Gasteiger partial charge >= 0.3 is 0 Å². The molecule has 1 atom stereocenters. The number of aliphatic hydroxyl groups is 1. The largest absolute Gasteiger partial charge is 0.508 e. The van der Waals surface area contributed by atoms with Crippen LogP contribution in [0.15, 0.2) is 84.4 Å². The molecule has 0 aliphatic carbocycles. The monoisotopic (exact) mass is 401 g/mol. The molecule has 150 valence electrons. The van der Waals surface area contributed by atoms with E-state index in [4.69, 9.17) is 4.74 Å². The Morgan fingerprint density at radius 3 is 2.30 bits per heavy atom. The maximum atomic E-state index is 13.0. The number of benzene rings is 3. The van der Waals surface area contributed by atoms with Crippen LogP contribution in [0.4, 0.5) is 5.69 Å². The molecule has 1 saturated heterocycles. The van der Waals surface area contributed by atoms with E-state index in [1.165, 1.54) is 24.1 Å². The number of hydrogen-bond donors (Lipinski definition) is 2. The molecule has 2 N–H and O–H groups in total. The summed E-state index contributed by atoms with van der Waals surface area (Å²) in [7, 11) is 1.50. The van der Waals surface area contributed by atoms with Crippen molar-refractivity contribution in [2.75, 3.05) is 12.0 Å². The Hall–Kier alpha value is -4.06. The topological polar surface area (TPSA) is 87.1 Å². The summed E-state index contributed by atoms with van der Waals surface area (Å²) in [5, 5.41) is 20.7. The first-order valence-electron chi connectivity index (χ1n) is 9.30. The van der Waals surface area contributed by atoms with Gasteiger partial charge in [-0.2, -0.15) is 0 Å². The van der Waals surface area contributed by atoms with Crippen molar-refractivity contribution in [3.05, 3.63) is 95.6 Å². The highest BCUT2D eigenvalue weighted by Gasteiger charge is 2.46. The third kappa shape index (κ3) is 3.28. The third-order valence-electron chi connectivity index (χ3n) is 5.03. The zero-order valence-electron chi connectivity index (χ0n) is 16.1. The third-order valence-corrected chi connectivity index (χ3v) is 5.03. The summed E-state index contributed by atoms with van der Waals surface area (Å²) >= 11 is 0. The summed E-state index contributed by atoms with van der Waals surface area (Å²) in [5.74, 6) is -1.23. The Bertz CT molecular complexity index is 1140. The second-order valence-electron chi connectivity index (χ2n) is 6.83. The molecular weight excluding hydrogens is 382 g/mol. The number of methoxy groups -OCH3 is 1. The smallest absolute Gasteiger partial charge is 0.300 e. The van der Waals surface area contributed by atoms with Crippen LogP contribution in [0.1, 0.15) is 17.2 Å². The number of hydrogen-bond acceptors (Lipinski definition) is 5. The zero-order chi connectivity index (χ0) is 21.3. The Morgan fingerprint density at radius 1 is 0.933 bits per heavy atom. The molecule has 0 bridgehead atoms. The molecule has 6 heteroatoms. The number of aromatic hydroxyl groups is 1. The molecule has 1 aliphatic rings. The molecule has 3 aromatic rings. The Labute approximate surface area is 173 Å². The fourth-order valence-corrected chi connectivity index (χ4v) is 3.59. The van der Waals surface area contributed by atoms with E-state index in [9.17, 15) is 19.8 Å². The lowest BCUT2D eigenvalue weighted by Crippen LogP contribution is -2.29. The van der Waals surface area contributed by atoms with E-state index in [1.807, 2.05) is 6.07 Å². The van der Waals surface area contributed by atoms with Crippen molar-refractivity contribution in [3.8, 4) is 11.5 Å². The van der Waals surface area contributed by atoms with Crippen molar-refractivity contribution in [1.82, 2.24) is 0 Å². The number of Topliss-reactive ketones (excluding diaryl/α,β-unsaturated/α-hetero) is 1. The van der Waals surface area contributed by atoms with Gasteiger partial charge in [0, 0.05) is 11.3 Å². The van der Waals surface area contributed by atoms with Gasteiger partial charge in [-0.05, 0) is 42.0 Å². The summed E-state index contributed by atoms with van der Waals surface area (Å²) in [6.45, 7) is 0. The SMILES string of the molecule is COc1cccc(/C(O)=C2/C(=O)C(=O)N(c3ccccc3)C2c2ccc(O)cc2)c1. The van der Waals surface area contributed by atoms with Gasteiger partial charge in [-0.1, -0.05) is 42.5 Å². The number of ketones is 1. The van der Waals surface area contributed by atoms with Crippen molar-refractivity contribution in [2.45, 2.75) is 6.04 Å². The molecule has 0 aromatic heterocycles. The van der Waals surface area contributed by atoms with Gasteiger partial charge in [0.05, 0.1) is 18.7 Å². The molecule has 0 saturated carbocycles. The Balaban J connectivity index is 1.94. The number of phenolic OH excluding ortho intramolecular Hbond substituents is 1. The molecule has 0 spiro atoms. The summed E-state index contributed by atoms with van der Waals surface area (Å²) in [6, 6.07) is 20.8. The van der Waals surface area contributed by atoms with Crippen LogP contribution in [0.3, 0.4) is 0 Å². The average Bonchev–Trinajstić information content (AvgIpc) is 3.05. The van der Waals surface area contributed by atoms with Crippen LogP contribution < -0.4 is 9.64 Å². The lowest BCUT2D eigenvalue weighted by molar-refractivity contribution is -0.132. The molecule has 0 radical (unpaired) electrons. The molecule has 1 fully saturated rings. The van der Waals surface area contributed by atoms with Crippen molar-refractivity contribution in [1.29, 1.82) is 0 Å². The second kappa shape index (κ2) is 7.75. The molecule has 30 heavy (non-hydrogen) atoms. The summed E-state index contributed by atoms with van der Waals surface area (Å²) in [5.41, 5.74) is 1.45. The molecular formula is C24H19NO5. The van der Waals surface area contributed by atoms with E-state index >= 15 is 0 Å². The molecule has 4 rings (SSSR count). The van der Waals surface area contributed by atoms with Crippen LogP contribution in [-0.4, -0.2) is 29.0 Å². The zero-order valence-corrected chi connectivity index (χ0v) is 16.1. The van der Waals surface area contributed by atoms with E-state index in [-0.39, 0.29) is 17.1 Å². The number of anilines is 1. The highest BCUT2D eigenvalue weighted by atomic mass is 16.5. The predicted octanol–water partition coefficient (Wildman–Crippen LogP) is 4.03. The quantitative estimate of drug-likeness (QED) is 0.392. The van der Waals surface area contributed by atoms with Crippen LogP contribution in [-0.2, 0) is 9.59 Å². The van der Waals surface area contributed by atoms with Gasteiger partial charge in [-0.3, -0.25) is 14.5 Å². The average molecular weight is 401 g/mol. The summed E-state index contributed by atoms with van der Waals surface area (Å²) in [4.78, 5) is 27.4. The minimum atomic E-state index is -0.848. The number of ether oxygens (including phenoxy) is 1. The number of carbonyl (C=O) groups is 2. The van der Waals surface area contributed by atoms with Gasteiger partial charge in [0.25, 0.3) is 11.7 Å². The number of carbonyl (C=O) groups excluding carboxylic acids is 2. The molecule has 3 aromatic carbocycles. The van der Waals surface area contributed by atoms with E-state index in [0.717, 1.165) is 0 Å². The van der Waals surface area contributed by atoms with Crippen LogP contribution in [0.5, 0.6) is 11.5 Å². The normalized spacial score (nSPS) is 17.9. The van der Waals surface area contributed by atoms with Gasteiger partial charge < -0.3 is 14.9 Å². The lowest BCUT2D eigenvalue weighted by Gasteiger charge is -2.25. The maximum Gasteiger partial charge on any atom is 0.300 e. The van der Waals surface area contributed by atoms with Crippen LogP contribution >= 0.6 is 0 Å². The van der Waals surface area contributed by atoms with E-state index in [2.05, 4.69) is 0 Å². The standard InChI is InChI=1S/C24H19NO5/c1-30-19-9-5-6-16(14-19)22(27)20-21(15-10-12-18(26)13-11-15)25(24(29)23(20)28)17-7-3-2-4-8-17/h2-14,21,26-27H,1H3/b22-20-. The fourth-order valence-electron chi connectivity index (χ4n) is 3.59. The first kappa shape index (κ1) is 19.3. The molecule has 1 unspecified atom stereocenters. The second-order valence-corrected chi connectivity index (χ2v) is 6.83. The van der Waals surface area contributed by atoms with Crippen LogP contribution in [0.2, 0.25) is 0 Å². The number of nitrogens with zero attached hydrogens (tertiary/aromatic N) is 1. The van der Waals surface area contributed by atoms with Gasteiger partial charge in [-0.25, -0.2) is 0 Å². The molecule has 1 heterocycles. The molecule has 1 aliphatic heterocycles. The maximum absolute atomic E-state index is 13.0. The minimum Gasteiger partial charge on any atom is -0.508 e. The predicted molar refractivity (Wildman–Crippen MR) is 112 cm³/mol. The molecule has 6 nitrogen and oxygen atoms in total. The summed E-state index contributed by atoms with van der Waals surface area (Å²) < 4.78 is 5.21. The highest BCUT2D eigenvalue weighted by Crippen LogP contribution is 2.42.